The Morgan fingerprint density at radius 3 is 1.79 bits per heavy atom. The van der Waals surface area contributed by atoms with Crippen LogP contribution in [0.4, 0.5) is 0 Å². The molecule has 0 saturated heterocycles. The quantitative estimate of drug-likeness (QED) is 0.530. The van der Waals surface area contributed by atoms with Crippen LogP contribution in [0.1, 0.15) is 5.56 Å². The first-order valence-electron chi connectivity index (χ1n) is 7.81. The van der Waals surface area contributed by atoms with Crippen LogP contribution in [0.15, 0.2) is 18.2 Å². The fourth-order valence-corrected chi connectivity index (χ4v) is 3.39. The van der Waals surface area contributed by atoms with E-state index in [1.54, 1.807) is 20.3 Å². The van der Waals surface area contributed by atoms with Crippen molar-refractivity contribution in [2.75, 3.05) is 14.2 Å². The molecule has 0 aromatic heterocycles. The smallest absolute Gasteiger partial charge is 0.317 e. The fourth-order valence-electron chi connectivity index (χ4n) is 1.90. The Hall–Kier alpha value is -1.74. The largest absolute Gasteiger partial charge is 0.539 e. The lowest BCUT2D eigenvalue weighted by Crippen LogP contribution is -2.29. The number of rotatable bonds is 7. The van der Waals surface area contributed by atoms with Gasteiger partial charge in [0, 0.05) is 6.08 Å². The van der Waals surface area contributed by atoms with Gasteiger partial charge in [0.2, 0.25) is 16.6 Å². The minimum Gasteiger partial charge on any atom is -0.539 e. The number of hydrogen-bond acceptors (Lipinski definition) is 5. The van der Waals surface area contributed by atoms with Crippen LogP contribution in [0, 0.1) is 0 Å². The summed E-state index contributed by atoms with van der Waals surface area (Å²) in [6.07, 6.45) is 3.11. The summed E-state index contributed by atoms with van der Waals surface area (Å²) in [5.41, 5.74) is 0.777. The average Bonchev–Trinajstić information content (AvgIpc) is 2.42. The third-order valence-corrected chi connectivity index (χ3v) is 4.34. The Bertz CT molecular complexity index is 587. The van der Waals surface area contributed by atoms with Crippen molar-refractivity contribution in [1.82, 2.24) is 0 Å². The minimum atomic E-state index is -1.90. The summed E-state index contributed by atoms with van der Waals surface area (Å²) in [7, 11) is -0.553. The van der Waals surface area contributed by atoms with Gasteiger partial charge in [-0.3, -0.25) is 0 Å². The summed E-state index contributed by atoms with van der Waals surface area (Å²) in [4.78, 5) is 11.8. The number of benzene rings is 1. The van der Waals surface area contributed by atoms with E-state index in [1.165, 1.54) is 6.08 Å². The van der Waals surface area contributed by atoms with E-state index >= 15 is 0 Å². The molecule has 0 heterocycles. The van der Waals surface area contributed by atoms with E-state index in [-0.39, 0.29) is 5.97 Å². The van der Waals surface area contributed by atoms with Crippen molar-refractivity contribution in [2.24, 2.45) is 0 Å². The molecule has 0 radical (unpaired) electrons. The summed E-state index contributed by atoms with van der Waals surface area (Å²) in [5, 5.41) is 0. The second-order valence-electron chi connectivity index (χ2n) is 7.34. The number of carbonyl (C=O) groups excluding carboxylic acids is 1. The summed E-state index contributed by atoms with van der Waals surface area (Å²) in [6, 6.07) is 3.63. The van der Waals surface area contributed by atoms with Gasteiger partial charge in [-0.1, -0.05) is 0 Å². The number of hydrogen-bond donors (Lipinski definition) is 0. The molecule has 1 aromatic carbocycles. The number of methoxy groups -OCH3 is 2. The van der Waals surface area contributed by atoms with Gasteiger partial charge in [0.15, 0.2) is 17.2 Å². The van der Waals surface area contributed by atoms with Crippen LogP contribution < -0.4 is 13.9 Å². The molecule has 0 aliphatic rings. The molecule has 0 unspecified atom stereocenters. The fraction of sp³-hybridized carbons (Fsp3) is 0.471. The van der Waals surface area contributed by atoms with E-state index < -0.39 is 16.6 Å². The van der Waals surface area contributed by atoms with Gasteiger partial charge in [0.05, 0.1) is 14.2 Å². The van der Waals surface area contributed by atoms with E-state index in [2.05, 4.69) is 19.6 Å². The Balaban J connectivity index is 3.12. The molecule has 1 aromatic rings. The van der Waals surface area contributed by atoms with Crippen LogP contribution in [0.3, 0.4) is 0 Å². The van der Waals surface area contributed by atoms with Crippen molar-refractivity contribution < 1.29 is 23.1 Å². The first-order chi connectivity index (χ1) is 10.9. The molecular formula is C17H28O5Si2. The predicted octanol–water partition coefficient (Wildman–Crippen LogP) is 4.31. The molecular weight excluding hydrogens is 340 g/mol. The molecule has 134 valence electrons. The highest BCUT2D eigenvalue weighted by Gasteiger charge is 2.23. The van der Waals surface area contributed by atoms with Gasteiger partial charge in [0.1, 0.15) is 0 Å². The number of ether oxygens (including phenoxy) is 2. The lowest BCUT2D eigenvalue weighted by molar-refractivity contribution is -0.129. The summed E-state index contributed by atoms with van der Waals surface area (Å²) in [6.45, 7) is 12.2. The monoisotopic (exact) mass is 368 g/mol. The maximum absolute atomic E-state index is 11.8. The molecule has 0 N–H and O–H groups in total. The Morgan fingerprint density at radius 1 is 0.917 bits per heavy atom. The summed E-state index contributed by atoms with van der Waals surface area (Å²) in [5.74, 6) is 1.42. The average molecular weight is 369 g/mol. The third kappa shape index (κ3) is 6.80. The molecule has 0 atom stereocenters. The maximum atomic E-state index is 11.8. The predicted molar refractivity (Wildman–Crippen MR) is 102 cm³/mol. The van der Waals surface area contributed by atoms with Crippen LogP contribution in [-0.4, -0.2) is 36.8 Å². The van der Waals surface area contributed by atoms with Gasteiger partial charge in [-0.2, -0.15) is 0 Å². The SMILES string of the molecule is COc1cc(C=CC(=O)O[Si](C)(C)C)cc(OC)c1O[Si](C)(C)C. The highest BCUT2D eigenvalue weighted by Crippen LogP contribution is 2.40. The zero-order valence-electron chi connectivity index (χ0n) is 15.9. The Kier molecular flexibility index (Phi) is 6.68. The van der Waals surface area contributed by atoms with Crippen LogP contribution in [-0.2, 0) is 9.22 Å². The number of carbonyl (C=O) groups is 1. The van der Waals surface area contributed by atoms with Crippen molar-refractivity contribution >= 4 is 28.7 Å². The van der Waals surface area contributed by atoms with Crippen LogP contribution in [0.2, 0.25) is 39.3 Å². The molecule has 0 aliphatic carbocycles. The van der Waals surface area contributed by atoms with Gasteiger partial charge in [-0.25, -0.2) is 4.79 Å². The second kappa shape index (κ2) is 7.89. The second-order valence-corrected chi connectivity index (χ2v) is 16.2. The zero-order valence-corrected chi connectivity index (χ0v) is 17.9. The van der Waals surface area contributed by atoms with E-state index in [9.17, 15) is 4.79 Å². The van der Waals surface area contributed by atoms with E-state index in [0.717, 1.165) is 5.56 Å². The van der Waals surface area contributed by atoms with E-state index in [0.29, 0.717) is 17.2 Å². The highest BCUT2D eigenvalue weighted by atomic mass is 28.4. The van der Waals surface area contributed by atoms with Crippen LogP contribution >= 0.6 is 0 Å². The molecule has 0 amide bonds. The zero-order chi connectivity index (χ0) is 18.5. The van der Waals surface area contributed by atoms with Gasteiger partial charge < -0.3 is 18.3 Å². The molecule has 7 heteroatoms. The molecule has 0 saturated carbocycles. The molecule has 0 bridgehead atoms. The van der Waals surface area contributed by atoms with Gasteiger partial charge >= 0.3 is 5.97 Å². The standard InChI is InChI=1S/C17H28O5Si2/c1-19-14-11-13(9-10-16(18)21-23(3,4)5)12-15(20-2)17(14)22-24(6,7)8/h9-12H,1-8H3. The molecule has 24 heavy (non-hydrogen) atoms. The van der Waals surface area contributed by atoms with Crippen molar-refractivity contribution in [3.05, 3.63) is 23.8 Å². The summed E-state index contributed by atoms with van der Waals surface area (Å²) < 4.78 is 22.3. The molecule has 5 nitrogen and oxygen atoms in total. The Morgan fingerprint density at radius 2 is 1.42 bits per heavy atom. The van der Waals surface area contributed by atoms with Gasteiger partial charge in [-0.05, 0) is 63.1 Å². The van der Waals surface area contributed by atoms with Crippen molar-refractivity contribution in [3.8, 4) is 17.2 Å². The van der Waals surface area contributed by atoms with Crippen LogP contribution in [0.25, 0.3) is 6.08 Å². The molecule has 0 fully saturated rings. The molecule has 0 aliphatic heterocycles. The minimum absolute atomic E-state index is 0.338. The maximum Gasteiger partial charge on any atom is 0.317 e. The molecule has 1 rings (SSSR count). The van der Waals surface area contributed by atoms with Gasteiger partial charge in [-0.15, -0.1) is 0 Å². The third-order valence-electron chi connectivity index (χ3n) is 2.71. The highest BCUT2D eigenvalue weighted by molar-refractivity contribution is 6.71. The first kappa shape index (κ1) is 20.3. The van der Waals surface area contributed by atoms with Crippen molar-refractivity contribution in [3.63, 3.8) is 0 Å². The van der Waals surface area contributed by atoms with E-state index in [1.807, 2.05) is 31.8 Å². The van der Waals surface area contributed by atoms with E-state index in [4.69, 9.17) is 18.3 Å². The van der Waals surface area contributed by atoms with Crippen molar-refractivity contribution in [1.29, 1.82) is 0 Å². The Labute approximate surface area is 146 Å². The summed E-state index contributed by atoms with van der Waals surface area (Å²) >= 11 is 0. The van der Waals surface area contributed by atoms with Crippen molar-refractivity contribution in [2.45, 2.75) is 39.3 Å². The lowest BCUT2D eigenvalue weighted by Gasteiger charge is -2.23. The van der Waals surface area contributed by atoms with Crippen LogP contribution in [0.5, 0.6) is 17.2 Å². The first-order valence-corrected chi connectivity index (χ1v) is 14.6. The van der Waals surface area contributed by atoms with Gasteiger partial charge in [0.25, 0.3) is 0 Å². The normalized spacial score (nSPS) is 12.2. The lowest BCUT2D eigenvalue weighted by atomic mass is 10.1. The topological polar surface area (TPSA) is 54.0 Å². The molecule has 0 spiro atoms.